The minimum atomic E-state index is -0.779. The SMILES string of the molecule is CCCC/C=C\CCCCCCCC(=O)OC(COC(=O)CCC/C=C\CCCCCC)COC(=O)CCCCCCCCCCCCCCCCC. The van der Waals surface area contributed by atoms with Crippen molar-refractivity contribution in [3.05, 3.63) is 24.3 Å². The van der Waals surface area contributed by atoms with E-state index in [0.717, 1.165) is 70.6 Å². The van der Waals surface area contributed by atoms with Crippen LogP contribution in [0.4, 0.5) is 0 Å². The van der Waals surface area contributed by atoms with Gasteiger partial charge < -0.3 is 14.2 Å². The van der Waals surface area contributed by atoms with Crippen molar-refractivity contribution in [1.82, 2.24) is 0 Å². The Kier molecular flexibility index (Phi) is 40.9. The van der Waals surface area contributed by atoms with Crippen molar-refractivity contribution in [1.29, 1.82) is 0 Å². The standard InChI is InChI=1S/C47H86O6/c1-4-7-10-13-16-19-21-22-23-24-26-28-31-34-37-40-46(49)52-43-44(42-51-45(48)39-36-33-30-27-18-15-12-9-6-3)53-47(50)41-38-35-32-29-25-20-17-14-11-8-5-2/h14,17,27,30,44H,4-13,15-16,18-26,28-29,31-43H2,1-3H3/b17-14-,30-27-. The second-order valence-corrected chi connectivity index (χ2v) is 15.3. The predicted molar refractivity (Wildman–Crippen MR) is 224 cm³/mol. The Labute approximate surface area is 328 Å². The molecule has 0 spiro atoms. The highest BCUT2D eigenvalue weighted by atomic mass is 16.6. The molecule has 1 atom stereocenters. The van der Waals surface area contributed by atoms with Gasteiger partial charge in [-0.3, -0.25) is 14.4 Å². The number of rotatable bonds is 41. The molecule has 0 aromatic carbocycles. The van der Waals surface area contributed by atoms with Crippen LogP contribution in [0.25, 0.3) is 0 Å². The molecule has 0 amide bonds. The molecule has 0 aromatic heterocycles. The van der Waals surface area contributed by atoms with Crippen LogP contribution in [0, 0.1) is 0 Å². The Morgan fingerprint density at radius 2 is 0.660 bits per heavy atom. The fourth-order valence-corrected chi connectivity index (χ4v) is 6.43. The third-order valence-corrected chi connectivity index (χ3v) is 9.93. The molecule has 0 bridgehead atoms. The minimum absolute atomic E-state index is 0.0802. The van der Waals surface area contributed by atoms with Crippen molar-refractivity contribution in [2.24, 2.45) is 0 Å². The van der Waals surface area contributed by atoms with Crippen LogP contribution in [0.3, 0.4) is 0 Å². The molecule has 0 rings (SSSR count). The summed E-state index contributed by atoms with van der Waals surface area (Å²) in [5, 5.41) is 0. The second-order valence-electron chi connectivity index (χ2n) is 15.3. The third-order valence-electron chi connectivity index (χ3n) is 9.93. The van der Waals surface area contributed by atoms with Crippen LogP contribution >= 0.6 is 0 Å². The van der Waals surface area contributed by atoms with E-state index in [9.17, 15) is 14.4 Å². The van der Waals surface area contributed by atoms with E-state index in [-0.39, 0.29) is 31.1 Å². The highest BCUT2D eigenvalue weighted by molar-refractivity contribution is 5.71. The van der Waals surface area contributed by atoms with Gasteiger partial charge in [0.15, 0.2) is 6.10 Å². The molecule has 0 saturated heterocycles. The van der Waals surface area contributed by atoms with Crippen molar-refractivity contribution in [2.75, 3.05) is 13.2 Å². The predicted octanol–water partition coefficient (Wildman–Crippen LogP) is 14.4. The zero-order valence-corrected chi connectivity index (χ0v) is 35.3. The van der Waals surface area contributed by atoms with E-state index in [0.29, 0.717) is 19.3 Å². The highest BCUT2D eigenvalue weighted by Crippen LogP contribution is 2.15. The molecule has 0 aliphatic heterocycles. The fraction of sp³-hybridized carbons (Fsp3) is 0.851. The van der Waals surface area contributed by atoms with E-state index >= 15 is 0 Å². The number of hydrogen-bond acceptors (Lipinski definition) is 6. The molecule has 6 heteroatoms. The number of carbonyl (C=O) groups is 3. The summed E-state index contributed by atoms with van der Waals surface area (Å²) in [6, 6.07) is 0. The van der Waals surface area contributed by atoms with Gasteiger partial charge in [-0.1, -0.05) is 186 Å². The van der Waals surface area contributed by atoms with Crippen LogP contribution < -0.4 is 0 Å². The number of hydrogen-bond donors (Lipinski definition) is 0. The molecule has 0 aliphatic carbocycles. The monoisotopic (exact) mass is 747 g/mol. The summed E-state index contributed by atoms with van der Waals surface area (Å²) >= 11 is 0. The maximum atomic E-state index is 12.7. The van der Waals surface area contributed by atoms with Crippen LogP contribution in [-0.4, -0.2) is 37.2 Å². The van der Waals surface area contributed by atoms with Gasteiger partial charge in [0, 0.05) is 19.3 Å². The lowest BCUT2D eigenvalue weighted by Crippen LogP contribution is -2.30. The maximum Gasteiger partial charge on any atom is 0.306 e. The first-order valence-corrected chi connectivity index (χ1v) is 22.8. The molecule has 53 heavy (non-hydrogen) atoms. The smallest absolute Gasteiger partial charge is 0.306 e. The molecular weight excluding hydrogens is 661 g/mol. The van der Waals surface area contributed by atoms with Gasteiger partial charge in [0.2, 0.25) is 0 Å². The van der Waals surface area contributed by atoms with Crippen molar-refractivity contribution in [3.8, 4) is 0 Å². The van der Waals surface area contributed by atoms with Gasteiger partial charge in [0.25, 0.3) is 0 Å². The zero-order valence-electron chi connectivity index (χ0n) is 35.3. The molecule has 0 aliphatic rings. The Morgan fingerprint density at radius 1 is 0.358 bits per heavy atom. The van der Waals surface area contributed by atoms with Gasteiger partial charge in [-0.2, -0.15) is 0 Å². The van der Waals surface area contributed by atoms with Crippen LogP contribution in [0.1, 0.15) is 239 Å². The van der Waals surface area contributed by atoms with E-state index in [4.69, 9.17) is 14.2 Å². The van der Waals surface area contributed by atoms with Gasteiger partial charge in [0.1, 0.15) is 13.2 Å². The first-order chi connectivity index (χ1) is 26.0. The largest absolute Gasteiger partial charge is 0.462 e. The topological polar surface area (TPSA) is 78.9 Å². The summed E-state index contributed by atoms with van der Waals surface area (Å²) in [4.78, 5) is 37.6. The van der Waals surface area contributed by atoms with Crippen molar-refractivity contribution >= 4 is 17.9 Å². The van der Waals surface area contributed by atoms with Crippen molar-refractivity contribution < 1.29 is 28.6 Å². The Balaban J connectivity index is 4.33. The second kappa shape index (κ2) is 42.6. The molecule has 0 saturated carbocycles. The highest BCUT2D eigenvalue weighted by Gasteiger charge is 2.19. The summed E-state index contributed by atoms with van der Waals surface area (Å²) < 4.78 is 16.6. The van der Waals surface area contributed by atoms with Crippen LogP contribution in [0.2, 0.25) is 0 Å². The van der Waals surface area contributed by atoms with E-state index in [1.165, 1.54) is 128 Å². The fourth-order valence-electron chi connectivity index (χ4n) is 6.43. The lowest BCUT2D eigenvalue weighted by Gasteiger charge is -2.18. The average Bonchev–Trinajstić information content (AvgIpc) is 3.15. The Hall–Kier alpha value is -2.11. The quantitative estimate of drug-likeness (QED) is 0.0268. The van der Waals surface area contributed by atoms with Crippen LogP contribution in [-0.2, 0) is 28.6 Å². The number of unbranched alkanes of at least 4 members (excludes halogenated alkanes) is 26. The van der Waals surface area contributed by atoms with Crippen LogP contribution in [0.5, 0.6) is 0 Å². The van der Waals surface area contributed by atoms with Gasteiger partial charge >= 0.3 is 17.9 Å². The molecule has 6 nitrogen and oxygen atoms in total. The minimum Gasteiger partial charge on any atom is -0.462 e. The Morgan fingerprint density at radius 3 is 1.09 bits per heavy atom. The van der Waals surface area contributed by atoms with E-state index < -0.39 is 6.10 Å². The van der Waals surface area contributed by atoms with Gasteiger partial charge in [-0.05, 0) is 57.8 Å². The lowest BCUT2D eigenvalue weighted by molar-refractivity contribution is -0.167. The van der Waals surface area contributed by atoms with E-state index in [1.54, 1.807) is 0 Å². The third kappa shape index (κ3) is 40.9. The van der Waals surface area contributed by atoms with Crippen LogP contribution in [0.15, 0.2) is 24.3 Å². The molecular formula is C47H86O6. The summed E-state index contributed by atoms with van der Waals surface area (Å²) in [7, 11) is 0. The van der Waals surface area contributed by atoms with Crippen molar-refractivity contribution in [2.45, 2.75) is 245 Å². The maximum absolute atomic E-state index is 12.7. The molecule has 1 unspecified atom stereocenters. The molecule has 310 valence electrons. The zero-order chi connectivity index (χ0) is 38.7. The van der Waals surface area contributed by atoms with E-state index in [2.05, 4.69) is 45.1 Å². The van der Waals surface area contributed by atoms with Gasteiger partial charge in [-0.15, -0.1) is 0 Å². The number of esters is 3. The normalized spacial score (nSPS) is 12.1. The summed E-state index contributed by atoms with van der Waals surface area (Å²) in [6.45, 7) is 6.54. The first kappa shape index (κ1) is 50.9. The molecule has 0 aromatic rings. The summed E-state index contributed by atoms with van der Waals surface area (Å²) in [6.07, 6.45) is 46.0. The molecule has 0 radical (unpaired) electrons. The average molecular weight is 747 g/mol. The van der Waals surface area contributed by atoms with Gasteiger partial charge in [-0.25, -0.2) is 0 Å². The molecule has 0 N–H and O–H groups in total. The number of ether oxygens (including phenoxy) is 3. The summed E-state index contributed by atoms with van der Waals surface area (Å²) in [5.74, 6) is -0.923. The first-order valence-electron chi connectivity index (χ1n) is 22.8. The van der Waals surface area contributed by atoms with E-state index in [1.807, 2.05) is 0 Å². The number of carbonyl (C=O) groups excluding carboxylic acids is 3. The van der Waals surface area contributed by atoms with Gasteiger partial charge in [0.05, 0.1) is 0 Å². The lowest BCUT2D eigenvalue weighted by atomic mass is 10.0. The molecule has 0 heterocycles. The Bertz CT molecular complexity index is 865. The molecule has 0 fully saturated rings. The van der Waals surface area contributed by atoms with Crippen molar-refractivity contribution in [3.63, 3.8) is 0 Å². The number of allylic oxidation sites excluding steroid dienone is 4. The summed E-state index contributed by atoms with van der Waals surface area (Å²) in [5.41, 5.74) is 0.